The summed E-state index contributed by atoms with van der Waals surface area (Å²) in [5.74, 6) is 0.0499. The van der Waals surface area contributed by atoms with E-state index in [1.54, 1.807) is 19.2 Å². The maximum Gasteiger partial charge on any atom is 0.269 e. The molecule has 0 aliphatic heterocycles. The third-order valence-corrected chi connectivity index (χ3v) is 6.26. The lowest BCUT2D eigenvalue weighted by Gasteiger charge is -2.16. The van der Waals surface area contributed by atoms with Crippen LogP contribution in [-0.2, 0) is 4.79 Å². The van der Waals surface area contributed by atoms with Gasteiger partial charge < -0.3 is 10.2 Å². The summed E-state index contributed by atoms with van der Waals surface area (Å²) >= 11 is 2.68. The quantitative estimate of drug-likeness (QED) is 0.334. The van der Waals surface area contributed by atoms with E-state index < -0.39 is 4.92 Å². The Morgan fingerprint density at radius 3 is 2.55 bits per heavy atom. The zero-order chi connectivity index (χ0) is 21.0. The van der Waals surface area contributed by atoms with Crippen LogP contribution in [0.3, 0.4) is 0 Å². The number of hydrogen-bond acceptors (Lipinski definition) is 8. The number of thioether (sulfide) groups is 1. The summed E-state index contributed by atoms with van der Waals surface area (Å²) < 4.78 is 0.682. The Morgan fingerprint density at radius 2 is 1.90 bits per heavy atom. The summed E-state index contributed by atoms with van der Waals surface area (Å²) in [4.78, 5) is 24.1. The summed E-state index contributed by atoms with van der Waals surface area (Å²) in [6.07, 6.45) is 0. The number of rotatable bonds is 7. The molecule has 3 aromatic rings. The van der Waals surface area contributed by atoms with Crippen molar-refractivity contribution in [1.82, 2.24) is 10.2 Å². The lowest BCUT2D eigenvalue weighted by Crippen LogP contribution is -2.27. The minimum absolute atomic E-state index is 0.0124. The molecule has 3 rings (SSSR count). The number of hydrogen-bond donors (Lipinski definition) is 1. The van der Waals surface area contributed by atoms with Gasteiger partial charge in [-0.25, -0.2) is 0 Å². The van der Waals surface area contributed by atoms with E-state index in [0.717, 1.165) is 5.69 Å². The van der Waals surface area contributed by atoms with Crippen LogP contribution in [0.25, 0.3) is 0 Å². The molecule has 1 N–H and O–H groups in total. The minimum Gasteiger partial charge on any atom is -0.330 e. The Balaban J connectivity index is 1.56. The van der Waals surface area contributed by atoms with Crippen molar-refractivity contribution in [3.8, 4) is 0 Å². The molecule has 10 heteroatoms. The zero-order valence-corrected chi connectivity index (χ0v) is 17.7. The molecule has 150 valence electrons. The van der Waals surface area contributed by atoms with Crippen LogP contribution in [0.15, 0.2) is 46.8 Å². The van der Waals surface area contributed by atoms with E-state index in [2.05, 4.69) is 29.4 Å². The van der Waals surface area contributed by atoms with Crippen LogP contribution < -0.4 is 10.2 Å². The third kappa shape index (κ3) is 5.30. The molecule has 0 unspecified atom stereocenters. The number of nitrogens with zero attached hydrogens (tertiary/aromatic N) is 4. The Labute approximate surface area is 176 Å². The van der Waals surface area contributed by atoms with Crippen LogP contribution in [0.4, 0.5) is 22.2 Å². The van der Waals surface area contributed by atoms with Crippen LogP contribution in [0.5, 0.6) is 0 Å². The van der Waals surface area contributed by atoms with Crippen molar-refractivity contribution in [3.63, 3.8) is 0 Å². The van der Waals surface area contributed by atoms with Crippen molar-refractivity contribution in [2.24, 2.45) is 0 Å². The Hall–Kier alpha value is -2.98. The molecule has 1 aromatic heterocycles. The van der Waals surface area contributed by atoms with Gasteiger partial charge in [0.2, 0.25) is 11.0 Å². The number of anilines is 3. The van der Waals surface area contributed by atoms with Gasteiger partial charge in [0.15, 0.2) is 4.34 Å². The van der Waals surface area contributed by atoms with E-state index >= 15 is 0 Å². The predicted octanol–water partition coefficient (Wildman–Crippen LogP) is 4.56. The fourth-order valence-electron chi connectivity index (χ4n) is 2.42. The van der Waals surface area contributed by atoms with Crippen LogP contribution in [0, 0.1) is 24.0 Å². The second-order valence-electron chi connectivity index (χ2n) is 6.31. The molecule has 1 amide bonds. The first kappa shape index (κ1) is 20.7. The number of carbonyl (C=O) groups excluding carboxylic acids is 1. The summed E-state index contributed by atoms with van der Waals surface area (Å²) in [6.45, 7) is 4.11. The van der Waals surface area contributed by atoms with Gasteiger partial charge in [-0.05, 0) is 49.2 Å². The van der Waals surface area contributed by atoms with E-state index in [1.807, 2.05) is 18.2 Å². The van der Waals surface area contributed by atoms with Crippen molar-refractivity contribution in [2.45, 2.75) is 18.2 Å². The Morgan fingerprint density at radius 1 is 1.17 bits per heavy atom. The predicted molar refractivity (Wildman–Crippen MR) is 116 cm³/mol. The van der Waals surface area contributed by atoms with E-state index in [4.69, 9.17) is 0 Å². The summed E-state index contributed by atoms with van der Waals surface area (Å²) in [6, 6.07) is 11.9. The zero-order valence-electron chi connectivity index (χ0n) is 16.1. The Bertz CT molecular complexity index is 1040. The molecule has 29 heavy (non-hydrogen) atoms. The highest BCUT2D eigenvalue weighted by molar-refractivity contribution is 8.01. The first-order valence-electron chi connectivity index (χ1n) is 8.65. The van der Waals surface area contributed by atoms with Gasteiger partial charge in [-0.15, -0.1) is 10.2 Å². The van der Waals surface area contributed by atoms with Crippen LogP contribution >= 0.6 is 23.1 Å². The van der Waals surface area contributed by atoms with Gasteiger partial charge in [-0.2, -0.15) is 0 Å². The van der Waals surface area contributed by atoms with Crippen molar-refractivity contribution < 1.29 is 9.72 Å². The normalized spacial score (nSPS) is 10.6. The first-order valence-corrected chi connectivity index (χ1v) is 10.5. The van der Waals surface area contributed by atoms with Gasteiger partial charge in [-0.1, -0.05) is 29.2 Å². The molecule has 0 bridgehead atoms. The van der Waals surface area contributed by atoms with Crippen molar-refractivity contribution in [2.75, 3.05) is 23.0 Å². The largest absolute Gasteiger partial charge is 0.330 e. The topological polar surface area (TPSA) is 101 Å². The number of non-ortho nitro benzene ring substituents is 1. The van der Waals surface area contributed by atoms with Crippen LogP contribution in [0.2, 0.25) is 0 Å². The molecule has 1 heterocycles. The number of carbonyl (C=O) groups is 1. The average molecular weight is 430 g/mol. The number of nitro groups is 1. The number of aromatic nitrogens is 2. The molecule has 0 saturated heterocycles. The molecule has 0 radical (unpaired) electrons. The molecule has 0 spiro atoms. The molecule has 8 nitrogen and oxygen atoms in total. The van der Waals surface area contributed by atoms with Crippen molar-refractivity contribution in [3.05, 3.63) is 63.7 Å². The van der Waals surface area contributed by atoms with E-state index in [1.165, 1.54) is 51.3 Å². The Kier molecular flexibility index (Phi) is 6.45. The maximum atomic E-state index is 12.4. The number of nitro benzene ring substituents is 1. The van der Waals surface area contributed by atoms with Gasteiger partial charge in [-0.3, -0.25) is 14.9 Å². The fraction of sp³-hybridized carbons (Fsp3) is 0.211. The third-order valence-electron chi connectivity index (χ3n) is 4.31. The smallest absolute Gasteiger partial charge is 0.269 e. The lowest BCUT2D eigenvalue weighted by atomic mass is 10.1. The molecular formula is C19H19N5O3S2. The number of amides is 1. The van der Waals surface area contributed by atoms with E-state index in [0.29, 0.717) is 15.2 Å². The highest BCUT2D eigenvalue weighted by atomic mass is 32.2. The van der Waals surface area contributed by atoms with Gasteiger partial charge in [0.25, 0.3) is 5.69 Å². The second kappa shape index (κ2) is 9.01. The van der Waals surface area contributed by atoms with Crippen molar-refractivity contribution >= 4 is 51.2 Å². The fourth-order valence-corrected chi connectivity index (χ4v) is 4.11. The number of benzene rings is 2. The molecule has 0 saturated carbocycles. The van der Waals surface area contributed by atoms with E-state index in [9.17, 15) is 14.9 Å². The van der Waals surface area contributed by atoms with Gasteiger partial charge in [0, 0.05) is 30.6 Å². The van der Waals surface area contributed by atoms with Gasteiger partial charge in [0.1, 0.15) is 0 Å². The van der Waals surface area contributed by atoms with Crippen LogP contribution in [0.1, 0.15) is 11.1 Å². The molecule has 0 aliphatic carbocycles. The standard InChI is InChI=1S/C19H19N5O3S2/c1-12-4-5-14(10-13(12)2)20-18-21-22-19(29-18)28-11-17(25)23(3)15-6-8-16(9-7-15)24(26)27/h4-10H,11H2,1-3H3,(H,20,21). The maximum absolute atomic E-state index is 12.4. The second-order valence-corrected chi connectivity index (χ2v) is 8.51. The lowest BCUT2D eigenvalue weighted by molar-refractivity contribution is -0.384. The van der Waals surface area contributed by atoms with Gasteiger partial charge in [0.05, 0.1) is 10.7 Å². The molecule has 0 aliphatic rings. The van der Waals surface area contributed by atoms with Crippen LogP contribution in [-0.4, -0.2) is 33.8 Å². The summed E-state index contributed by atoms with van der Waals surface area (Å²) in [5, 5.41) is 22.8. The summed E-state index contributed by atoms with van der Waals surface area (Å²) in [5.41, 5.74) is 3.93. The highest BCUT2D eigenvalue weighted by Crippen LogP contribution is 2.29. The first-order chi connectivity index (χ1) is 13.8. The molecular weight excluding hydrogens is 410 g/mol. The van der Waals surface area contributed by atoms with Gasteiger partial charge >= 0.3 is 0 Å². The average Bonchev–Trinajstić information content (AvgIpc) is 3.15. The highest BCUT2D eigenvalue weighted by Gasteiger charge is 2.15. The summed E-state index contributed by atoms with van der Waals surface area (Å²) in [7, 11) is 1.64. The SMILES string of the molecule is Cc1ccc(Nc2nnc(SCC(=O)N(C)c3ccc([N+](=O)[O-])cc3)s2)cc1C. The number of nitrogens with one attached hydrogen (secondary N) is 1. The number of aryl methyl sites for hydroxylation is 2. The minimum atomic E-state index is -0.472. The molecule has 0 fully saturated rings. The molecule has 0 atom stereocenters. The molecule has 2 aromatic carbocycles. The van der Waals surface area contributed by atoms with E-state index in [-0.39, 0.29) is 17.3 Å². The van der Waals surface area contributed by atoms with Crippen molar-refractivity contribution in [1.29, 1.82) is 0 Å². The monoisotopic (exact) mass is 429 g/mol.